The number of fused-ring (bicyclic) bond motifs is 1. The summed E-state index contributed by atoms with van der Waals surface area (Å²) >= 11 is 0. The number of likely N-dealkylation sites (N-methyl/N-ethyl adjacent to an activating group) is 1. The highest BCUT2D eigenvalue weighted by atomic mass is 16.1. The first-order chi connectivity index (χ1) is 8.74. The van der Waals surface area contributed by atoms with Gasteiger partial charge < -0.3 is 15.1 Å². The van der Waals surface area contributed by atoms with Crippen LogP contribution in [0, 0.1) is 0 Å². The molecule has 1 saturated heterocycles. The lowest BCUT2D eigenvalue weighted by Crippen LogP contribution is -2.45. The number of nitrogens with zero attached hydrogens (tertiary/aromatic N) is 3. The Morgan fingerprint density at radius 2 is 2.00 bits per heavy atom. The number of aromatic amines is 1. The Labute approximate surface area is 106 Å². The van der Waals surface area contributed by atoms with Crippen molar-refractivity contribution in [2.45, 2.75) is 12.8 Å². The van der Waals surface area contributed by atoms with Crippen molar-refractivity contribution >= 4 is 11.8 Å². The molecule has 2 aliphatic rings. The topological polar surface area (TPSA) is 64.3 Å². The number of hydrogen-bond donors (Lipinski definition) is 2. The fraction of sp³-hybridized carbons (Fsp3) is 0.667. The molecule has 3 rings (SSSR count). The van der Waals surface area contributed by atoms with Gasteiger partial charge in [0, 0.05) is 32.7 Å². The molecule has 98 valence electrons. The molecule has 0 radical (unpaired) electrons. The molecule has 0 aromatic carbocycles. The van der Waals surface area contributed by atoms with Crippen molar-refractivity contribution in [2.75, 3.05) is 50.0 Å². The molecule has 1 aromatic heterocycles. The van der Waals surface area contributed by atoms with Gasteiger partial charge >= 0.3 is 0 Å². The van der Waals surface area contributed by atoms with E-state index in [2.05, 4.69) is 32.1 Å². The normalized spacial score (nSPS) is 20.4. The highest BCUT2D eigenvalue weighted by Crippen LogP contribution is 2.18. The maximum atomic E-state index is 12.0. The highest BCUT2D eigenvalue weighted by Gasteiger charge is 2.20. The van der Waals surface area contributed by atoms with Gasteiger partial charge in [-0.25, -0.2) is 0 Å². The zero-order valence-electron chi connectivity index (χ0n) is 10.7. The van der Waals surface area contributed by atoms with Gasteiger partial charge in [0.2, 0.25) is 5.95 Å². The summed E-state index contributed by atoms with van der Waals surface area (Å²) in [6.45, 7) is 4.75. The van der Waals surface area contributed by atoms with Crippen LogP contribution in [0.15, 0.2) is 4.79 Å². The van der Waals surface area contributed by atoms with Crippen LogP contribution in [0.1, 0.15) is 12.0 Å². The lowest BCUT2D eigenvalue weighted by atomic mass is 10.1. The second-order valence-electron chi connectivity index (χ2n) is 5.04. The molecule has 0 spiro atoms. The molecule has 2 N–H and O–H groups in total. The van der Waals surface area contributed by atoms with E-state index < -0.39 is 0 Å². The third kappa shape index (κ3) is 2.08. The van der Waals surface area contributed by atoms with Gasteiger partial charge in [0.15, 0.2) is 0 Å². The van der Waals surface area contributed by atoms with Gasteiger partial charge in [-0.3, -0.25) is 9.78 Å². The molecule has 6 nitrogen and oxygen atoms in total. The monoisotopic (exact) mass is 249 g/mol. The van der Waals surface area contributed by atoms with Crippen LogP contribution >= 0.6 is 0 Å². The summed E-state index contributed by atoms with van der Waals surface area (Å²) in [7, 11) is 2.11. The molecule has 0 unspecified atom stereocenters. The van der Waals surface area contributed by atoms with Crippen LogP contribution in [0.3, 0.4) is 0 Å². The fourth-order valence-electron chi connectivity index (χ4n) is 2.50. The van der Waals surface area contributed by atoms with E-state index in [0.29, 0.717) is 5.95 Å². The Balaban J connectivity index is 1.89. The van der Waals surface area contributed by atoms with Crippen LogP contribution in [0.4, 0.5) is 11.8 Å². The van der Waals surface area contributed by atoms with Gasteiger partial charge in [-0.05, 0) is 19.9 Å². The van der Waals surface area contributed by atoms with E-state index in [0.717, 1.165) is 56.9 Å². The predicted molar refractivity (Wildman–Crippen MR) is 71.4 cm³/mol. The zero-order valence-corrected chi connectivity index (χ0v) is 10.7. The van der Waals surface area contributed by atoms with E-state index in [1.54, 1.807) is 0 Å². The minimum Gasteiger partial charge on any atom is -0.370 e. The van der Waals surface area contributed by atoms with Gasteiger partial charge in [0.05, 0.1) is 5.56 Å². The summed E-state index contributed by atoms with van der Waals surface area (Å²) in [5, 5.41) is 3.22. The first-order valence-corrected chi connectivity index (χ1v) is 6.54. The summed E-state index contributed by atoms with van der Waals surface area (Å²) in [6.07, 6.45) is 1.83. The van der Waals surface area contributed by atoms with Crippen LogP contribution in [0.2, 0.25) is 0 Å². The Bertz CT molecular complexity index is 490. The average Bonchev–Trinajstić information content (AvgIpc) is 2.39. The third-order valence-electron chi connectivity index (χ3n) is 3.70. The number of hydrogen-bond acceptors (Lipinski definition) is 5. The van der Waals surface area contributed by atoms with Gasteiger partial charge in [0.1, 0.15) is 5.82 Å². The summed E-state index contributed by atoms with van der Waals surface area (Å²) in [6, 6.07) is 0. The number of aromatic nitrogens is 2. The number of nitrogens with one attached hydrogen (secondary N) is 2. The van der Waals surface area contributed by atoms with Crippen molar-refractivity contribution in [1.29, 1.82) is 0 Å². The minimum absolute atomic E-state index is 0.0149. The Hall–Kier alpha value is -1.56. The largest absolute Gasteiger partial charge is 0.370 e. The molecule has 0 saturated carbocycles. The second-order valence-corrected chi connectivity index (χ2v) is 5.04. The number of rotatable bonds is 1. The molecule has 0 aliphatic carbocycles. The lowest BCUT2D eigenvalue weighted by Gasteiger charge is -2.33. The summed E-state index contributed by atoms with van der Waals surface area (Å²) in [5.74, 6) is 1.49. The lowest BCUT2D eigenvalue weighted by molar-refractivity contribution is 0.311. The molecular formula is C12H19N5O. The van der Waals surface area contributed by atoms with E-state index in [-0.39, 0.29) is 5.56 Å². The first-order valence-electron chi connectivity index (χ1n) is 6.54. The van der Waals surface area contributed by atoms with E-state index in [4.69, 9.17) is 0 Å². The summed E-state index contributed by atoms with van der Waals surface area (Å²) in [5.41, 5.74) is 0.820. The van der Waals surface area contributed by atoms with Crippen molar-refractivity contribution in [2.24, 2.45) is 0 Å². The molecular weight excluding hydrogens is 230 g/mol. The molecule has 1 aromatic rings. The van der Waals surface area contributed by atoms with Crippen LogP contribution < -0.4 is 15.8 Å². The van der Waals surface area contributed by atoms with Crippen molar-refractivity contribution < 1.29 is 0 Å². The minimum atomic E-state index is 0.0149. The van der Waals surface area contributed by atoms with Crippen LogP contribution in [-0.2, 0) is 6.42 Å². The van der Waals surface area contributed by atoms with E-state index in [1.165, 1.54) is 0 Å². The number of piperazine rings is 1. The molecule has 18 heavy (non-hydrogen) atoms. The van der Waals surface area contributed by atoms with Gasteiger partial charge in [0.25, 0.3) is 5.56 Å². The molecule has 0 atom stereocenters. The smallest absolute Gasteiger partial charge is 0.257 e. The molecule has 6 heteroatoms. The fourth-order valence-corrected chi connectivity index (χ4v) is 2.50. The predicted octanol–water partition coefficient (Wildman–Crippen LogP) is -0.120. The van der Waals surface area contributed by atoms with E-state index in [1.807, 2.05) is 0 Å². The standard InChI is InChI=1S/C12H19N5O/c1-16-5-7-17(8-6-16)12-14-10-9(11(18)15-12)3-2-4-13-10/h2-8H2,1H3,(H2,13,14,15,18). The Kier molecular flexibility index (Phi) is 2.95. The SMILES string of the molecule is CN1CCN(c2nc3c(c(=O)[nH]2)CCCN3)CC1. The molecule has 0 bridgehead atoms. The van der Waals surface area contributed by atoms with Gasteiger partial charge in [-0.2, -0.15) is 4.98 Å². The molecule has 0 amide bonds. The average molecular weight is 249 g/mol. The van der Waals surface area contributed by atoms with Crippen LogP contribution in [-0.4, -0.2) is 54.6 Å². The molecule has 3 heterocycles. The maximum Gasteiger partial charge on any atom is 0.257 e. The van der Waals surface area contributed by atoms with Crippen molar-refractivity contribution in [3.63, 3.8) is 0 Å². The van der Waals surface area contributed by atoms with E-state index >= 15 is 0 Å². The summed E-state index contributed by atoms with van der Waals surface area (Å²) in [4.78, 5) is 23.9. The highest BCUT2D eigenvalue weighted by molar-refractivity contribution is 5.49. The molecule has 1 fully saturated rings. The molecule has 2 aliphatic heterocycles. The van der Waals surface area contributed by atoms with Crippen LogP contribution in [0.5, 0.6) is 0 Å². The van der Waals surface area contributed by atoms with Crippen LogP contribution in [0.25, 0.3) is 0 Å². The maximum absolute atomic E-state index is 12.0. The second kappa shape index (κ2) is 4.61. The summed E-state index contributed by atoms with van der Waals surface area (Å²) < 4.78 is 0. The van der Waals surface area contributed by atoms with Crippen molar-refractivity contribution in [1.82, 2.24) is 14.9 Å². The quantitative estimate of drug-likeness (QED) is 0.726. The number of H-pyrrole nitrogens is 1. The Morgan fingerprint density at radius 3 is 2.78 bits per heavy atom. The van der Waals surface area contributed by atoms with Crippen molar-refractivity contribution in [3.8, 4) is 0 Å². The number of anilines is 2. The Morgan fingerprint density at radius 1 is 1.22 bits per heavy atom. The van der Waals surface area contributed by atoms with Crippen molar-refractivity contribution in [3.05, 3.63) is 15.9 Å². The first kappa shape index (κ1) is 11.5. The van der Waals surface area contributed by atoms with E-state index in [9.17, 15) is 4.79 Å². The zero-order chi connectivity index (χ0) is 12.5. The van der Waals surface area contributed by atoms with Gasteiger partial charge in [-0.1, -0.05) is 0 Å². The third-order valence-corrected chi connectivity index (χ3v) is 3.70. The van der Waals surface area contributed by atoms with Gasteiger partial charge in [-0.15, -0.1) is 0 Å².